The topological polar surface area (TPSA) is 61.4 Å². The lowest BCUT2D eigenvalue weighted by Crippen LogP contribution is -2.36. The van der Waals surface area contributed by atoms with Crippen molar-refractivity contribution in [1.29, 1.82) is 0 Å². The molecule has 0 saturated carbocycles. The van der Waals surface area contributed by atoms with Gasteiger partial charge in [0.05, 0.1) is 18.7 Å². The molecular weight excluding hydrogens is 371 g/mol. The molecule has 2 aromatic carbocycles. The number of nitrogens with one attached hydrogen (secondary N) is 2. The number of amides is 2. The maximum atomic E-state index is 12.7. The van der Waals surface area contributed by atoms with Gasteiger partial charge in [-0.15, -0.1) is 0 Å². The van der Waals surface area contributed by atoms with E-state index in [9.17, 15) is 22.8 Å². The highest BCUT2D eigenvalue weighted by atomic mass is 19.4. The highest BCUT2D eigenvalue weighted by Crippen LogP contribution is 2.30. The van der Waals surface area contributed by atoms with Gasteiger partial charge in [-0.1, -0.05) is 18.2 Å². The molecule has 0 aliphatic heterocycles. The summed E-state index contributed by atoms with van der Waals surface area (Å²) in [6.07, 6.45) is -4.48. The molecule has 0 fully saturated rings. The fraction of sp³-hybridized carbons (Fsp3) is 0.300. The minimum atomic E-state index is -4.48. The highest BCUT2D eigenvalue weighted by molar-refractivity contribution is 5.95. The average molecular weight is 393 g/mol. The molecule has 0 atom stereocenters. The van der Waals surface area contributed by atoms with Gasteiger partial charge in [-0.25, -0.2) is 0 Å². The molecule has 5 nitrogen and oxygen atoms in total. The molecule has 0 unspecified atom stereocenters. The lowest BCUT2D eigenvalue weighted by Gasteiger charge is -2.17. The third kappa shape index (κ3) is 6.09. The first-order valence-electron chi connectivity index (χ1n) is 8.58. The molecule has 0 bridgehead atoms. The van der Waals surface area contributed by atoms with Crippen LogP contribution in [0.2, 0.25) is 0 Å². The van der Waals surface area contributed by atoms with Crippen LogP contribution in [-0.4, -0.2) is 36.9 Å². The Labute approximate surface area is 161 Å². The number of hydrogen-bond donors (Lipinski definition) is 2. The summed E-state index contributed by atoms with van der Waals surface area (Å²) in [6.45, 7) is 3.66. The smallest absolute Gasteiger partial charge is 0.325 e. The van der Waals surface area contributed by atoms with E-state index in [1.54, 1.807) is 13.1 Å². The van der Waals surface area contributed by atoms with Crippen LogP contribution in [0.25, 0.3) is 0 Å². The molecule has 2 amide bonds. The van der Waals surface area contributed by atoms with E-state index in [2.05, 4.69) is 10.6 Å². The van der Waals surface area contributed by atoms with Gasteiger partial charge in [-0.05, 0) is 56.3 Å². The standard InChI is InChI=1S/C20H22F3N3O2/c1-13-6-4-9-17(14(13)2)25-19(28)12-26(3)11-18(27)24-16-8-5-7-15(10-16)20(21,22)23/h4-10H,11-12H2,1-3H3,(H,24,27)(H,25,28). The van der Waals surface area contributed by atoms with Crippen molar-refractivity contribution in [3.8, 4) is 0 Å². The summed E-state index contributed by atoms with van der Waals surface area (Å²) >= 11 is 0. The summed E-state index contributed by atoms with van der Waals surface area (Å²) in [5.41, 5.74) is 1.92. The molecule has 0 aliphatic rings. The van der Waals surface area contributed by atoms with Gasteiger partial charge < -0.3 is 10.6 Å². The van der Waals surface area contributed by atoms with Gasteiger partial charge in [-0.3, -0.25) is 14.5 Å². The lowest BCUT2D eigenvalue weighted by atomic mass is 10.1. The van der Waals surface area contributed by atoms with Gasteiger partial charge in [0, 0.05) is 11.4 Å². The van der Waals surface area contributed by atoms with Gasteiger partial charge in [0.15, 0.2) is 0 Å². The number of carbonyl (C=O) groups is 2. The molecule has 150 valence electrons. The molecule has 0 radical (unpaired) electrons. The minimum Gasteiger partial charge on any atom is -0.325 e. The summed E-state index contributed by atoms with van der Waals surface area (Å²) in [4.78, 5) is 25.7. The van der Waals surface area contributed by atoms with Crippen LogP contribution < -0.4 is 10.6 Å². The van der Waals surface area contributed by atoms with Crippen molar-refractivity contribution in [3.05, 3.63) is 59.2 Å². The normalized spacial score (nSPS) is 11.4. The molecule has 8 heteroatoms. The van der Waals surface area contributed by atoms with Crippen LogP contribution in [0.4, 0.5) is 24.5 Å². The fourth-order valence-electron chi connectivity index (χ4n) is 2.60. The molecule has 2 N–H and O–H groups in total. The zero-order valence-electron chi connectivity index (χ0n) is 15.9. The Kier molecular flexibility index (Phi) is 6.80. The predicted octanol–water partition coefficient (Wildman–Crippen LogP) is 3.83. The zero-order chi connectivity index (χ0) is 20.9. The number of benzene rings is 2. The maximum Gasteiger partial charge on any atom is 0.416 e. The number of rotatable bonds is 6. The second kappa shape index (κ2) is 8.88. The molecule has 2 rings (SSSR count). The van der Waals surface area contributed by atoms with E-state index < -0.39 is 17.6 Å². The monoisotopic (exact) mass is 393 g/mol. The molecule has 0 spiro atoms. The van der Waals surface area contributed by atoms with Crippen molar-refractivity contribution in [3.63, 3.8) is 0 Å². The Morgan fingerprint density at radius 2 is 1.57 bits per heavy atom. The van der Waals surface area contributed by atoms with Gasteiger partial charge in [-0.2, -0.15) is 13.2 Å². The Morgan fingerprint density at radius 3 is 2.21 bits per heavy atom. The van der Waals surface area contributed by atoms with Crippen molar-refractivity contribution in [2.75, 3.05) is 30.8 Å². The Balaban J connectivity index is 1.88. The van der Waals surface area contributed by atoms with E-state index >= 15 is 0 Å². The van der Waals surface area contributed by atoms with Crippen LogP contribution in [0.1, 0.15) is 16.7 Å². The van der Waals surface area contributed by atoms with Gasteiger partial charge >= 0.3 is 6.18 Å². The second-order valence-electron chi connectivity index (χ2n) is 6.59. The molecule has 2 aromatic rings. The maximum absolute atomic E-state index is 12.7. The number of aryl methyl sites for hydroxylation is 1. The molecule has 0 aliphatic carbocycles. The van der Waals surface area contributed by atoms with E-state index in [-0.39, 0.29) is 24.7 Å². The summed E-state index contributed by atoms with van der Waals surface area (Å²) in [6, 6.07) is 9.96. The van der Waals surface area contributed by atoms with Crippen LogP contribution in [0.5, 0.6) is 0 Å². The summed E-state index contributed by atoms with van der Waals surface area (Å²) in [5.74, 6) is -0.801. The number of anilines is 2. The summed E-state index contributed by atoms with van der Waals surface area (Å²) < 4.78 is 38.2. The number of carbonyl (C=O) groups excluding carboxylic acids is 2. The molecule has 0 heterocycles. The van der Waals surface area contributed by atoms with Crippen molar-refractivity contribution in [2.45, 2.75) is 20.0 Å². The van der Waals surface area contributed by atoms with Crippen molar-refractivity contribution >= 4 is 23.2 Å². The van der Waals surface area contributed by atoms with Crippen LogP contribution in [0, 0.1) is 13.8 Å². The number of likely N-dealkylation sites (N-methyl/N-ethyl adjacent to an activating group) is 1. The zero-order valence-corrected chi connectivity index (χ0v) is 15.9. The molecular formula is C20H22F3N3O2. The number of halogens is 3. The molecule has 0 aromatic heterocycles. The SMILES string of the molecule is Cc1cccc(NC(=O)CN(C)CC(=O)Nc2cccc(C(F)(F)F)c2)c1C. The predicted molar refractivity (Wildman–Crippen MR) is 102 cm³/mol. The third-order valence-electron chi connectivity index (χ3n) is 4.18. The first-order valence-corrected chi connectivity index (χ1v) is 8.58. The largest absolute Gasteiger partial charge is 0.416 e. The average Bonchev–Trinajstić information content (AvgIpc) is 2.58. The lowest BCUT2D eigenvalue weighted by molar-refractivity contribution is -0.137. The first kappa shape index (κ1) is 21.4. The van der Waals surface area contributed by atoms with Gasteiger partial charge in [0.25, 0.3) is 0 Å². The Hall–Kier alpha value is -2.87. The minimum absolute atomic E-state index is 0.0383. The summed E-state index contributed by atoms with van der Waals surface area (Å²) in [7, 11) is 1.58. The van der Waals surface area contributed by atoms with Crippen molar-refractivity contribution in [2.24, 2.45) is 0 Å². The fourth-order valence-corrected chi connectivity index (χ4v) is 2.60. The van der Waals surface area contributed by atoms with Crippen LogP contribution in [0.15, 0.2) is 42.5 Å². The van der Waals surface area contributed by atoms with Crippen LogP contribution in [0.3, 0.4) is 0 Å². The van der Waals surface area contributed by atoms with Gasteiger partial charge in [0.2, 0.25) is 11.8 Å². The Morgan fingerprint density at radius 1 is 0.964 bits per heavy atom. The van der Waals surface area contributed by atoms with Gasteiger partial charge in [0.1, 0.15) is 0 Å². The van der Waals surface area contributed by atoms with E-state index in [0.29, 0.717) is 5.69 Å². The highest BCUT2D eigenvalue weighted by Gasteiger charge is 2.30. The molecule has 28 heavy (non-hydrogen) atoms. The summed E-state index contributed by atoms with van der Waals surface area (Å²) in [5, 5.41) is 5.20. The Bertz CT molecular complexity index is 866. The van der Waals surface area contributed by atoms with E-state index in [1.165, 1.54) is 17.0 Å². The van der Waals surface area contributed by atoms with Crippen LogP contribution in [-0.2, 0) is 15.8 Å². The quantitative estimate of drug-likeness (QED) is 0.784. The number of hydrogen-bond acceptors (Lipinski definition) is 3. The van der Waals surface area contributed by atoms with Crippen LogP contribution >= 0.6 is 0 Å². The van der Waals surface area contributed by atoms with Crippen molar-refractivity contribution in [1.82, 2.24) is 4.90 Å². The van der Waals surface area contributed by atoms with E-state index in [4.69, 9.17) is 0 Å². The molecule has 0 saturated heterocycles. The van der Waals surface area contributed by atoms with E-state index in [1.807, 2.05) is 26.0 Å². The number of alkyl halides is 3. The van der Waals surface area contributed by atoms with E-state index in [0.717, 1.165) is 23.3 Å². The first-order chi connectivity index (χ1) is 13.1. The third-order valence-corrected chi connectivity index (χ3v) is 4.18. The number of nitrogens with zero attached hydrogens (tertiary/aromatic N) is 1. The van der Waals surface area contributed by atoms with Crippen molar-refractivity contribution < 1.29 is 22.8 Å². The second-order valence-corrected chi connectivity index (χ2v) is 6.59.